The average Bonchev–Trinajstić information content (AvgIpc) is 2.71. The molecule has 2 aromatic rings. The summed E-state index contributed by atoms with van der Waals surface area (Å²) in [5, 5.41) is 13.7. The van der Waals surface area contributed by atoms with Crippen LogP contribution in [0.1, 0.15) is 23.9 Å². The first-order valence-electron chi connectivity index (χ1n) is 6.19. The molecule has 0 radical (unpaired) electrons. The summed E-state index contributed by atoms with van der Waals surface area (Å²) < 4.78 is 8.61. The molecule has 2 rings (SSSR count). The zero-order valence-corrected chi connectivity index (χ0v) is 12.6. The molecule has 1 aromatic carbocycles. The molecule has 5 heteroatoms. The molecule has 1 N–H and O–H groups in total. The Hall–Kier alpha value is -1.33. The molecule has 0 saturated carbocycles. The van der Waals surface area contributed by atoms with Crippen LogP contribution < -0.4 is 4.74 Å². The molecule has 0 aliphatic rings. The fourth-order valence-electron chi connectivity index (χ4n) is 1.90. The summed E-state index contributed by atoms with van der Waals surface area (Å²) in [6.45, 7) is 2.46. The van der Waals surface area contributed by atoms with Crippen LogP contribution in [-0.2, 0) is 26.7 Å². The van der Waals surface area contributed by atoms with E-state index in [4.69, 9.17) is 4.74 Å². The Morgan fingerprint density at radius 2 is 2.11 bits per heavy atom. The summed E-state index contributed by atoms with van der Waals surface area (Å²) in [5.74, 6) is 0.705. The van der Waals surface area contributed by atoms with Crippen molar-refractivity contribution < 1.29 is 9.84 Å². The highest BCUT2D eigenvalue weighted by Gasteiger charge is 2.13. The van der Waals surface area contributed by atoms with Gasteiger partial charge in [-0.1, -0.05) is 25.1 Å². The normalized spacial score (nSPS) is 10.7. The first kappa shape index (κ1) is 14.1. The van der Waals surface area contributed by atoms with Crippen LogP contribution >= 0.6 is 15.9 Å². The van der Waals surface area contributed by atoms with Gasteiger partial charge in [0.25, 0.3) is 0 Å². The van der Waals surface area contributed by atoms with Gasteiger partial charge in [0.05, 0.1) is 22.5 Å². The number of para-hydroxylation sites is 1. The lowest BCUT2D eigenvalue weighted by molar-refractivity contribution is 0.255. The van der Waals surface area contributed by atoms with E-state index in [0.29, 0.717) is 12.4 Å². The van der Waals surface area contributed by atoms with Crippen molar-refractivity contribution in [2.24, 2.45) is 7.05 Å². The molecular weight excluding hydrogens is 308 g/mol. The highest BCUT2D eigenvalue weighted by atomic mass is 79.9. The number of hydrogen-bond donors (Lipinski definition) is 1. The number of rotatable bonds is 5. The fourth-order valence-corrected chi connectivity index (χ4v) is 2.63. The van der Waals surface area contributed by atoms with Crippen molar-refractivity contribution in [2.45, 2.75) is 26.6 Å². The Kier molecular flexibility index (Phi) is 4.61. The maximum absolute atomic E-state index is 9.26. The molecule has 102 valence electrons. The van der Waals surface area contributed by atoms with Gasteiger partial charge in [-0.05, 0) is 28.4 Å². The van der Waals surface area contributed by atoms with E-state index >= 15 is 0 Å². The van der Waals surface area contributed by atoms with Crippen LogP contribution in [-0.4, -0.2) is 14.9 Å². The second-order valence-electron chi connectivity index (χ2n) is 4.24. The predicted octanol–water partition coefficient (Wildman–Crippen LogP) is 2.82. The van der Waals surface area contributed by atoms with E-state index in [1.165, 1.54) is 0 Å². The van der Waals surface area contributed by atoms with Gasteiger partial charge in [-0.3, -0.25) is 4.68 Å². The van der Waals surface area contributed by atoms with Crippen LogP contribution in [0, 0.1) is 0 Å². The second kappa shape index (κ2) is 6.21. The minimum absolute atomic E-state index is 0.0249. The molecule has 0 amide bonds. The molecule has 0 saturated heterocycles. The van der Waals surface area contributed by atoms with Gasteiger partial charge in [0.2, 0.25) is 0 Å². The zero-order chi connectivity index (χ0) is 13.8. The third-order valence-corrected chi connectivity index (χ3v) is 3.93. The summed E-state index contributed by atoms with van der Waals surface area (Å²) in [6, 6.07) is 7.49. The number of benzene rings is 1. The molecule has 1 heterocycles. The molecule has 0 spiro atoms. The first-order valence-corrected chi connectivity index (χ1v) is 6.98. The lowest BCUT2D eigenvalue weighted by Gasteiger charge is -2.10. The lowest BCUT2D eigenvalue weighted by Crippen LogP contribution is -2.05. The lowest BCUT2D eigenvalue weighted by atomic mass is 10.2. The summed E-state index contributed by atoms with van der Waals surface area (Å²) in [7, 11) is 1.90. The molecular formula is C14H17BrN2O2. The molecule has 4 nitrogen and oxygen atoms in total. The van der Waals surface area contributed by atoms with Crippen molar-refractivity contribution in [3.05, 3.63) is 45.7 Å². The molecule has 0 aliphatic carbocycles. The summed E-state index contributed by atoms with van der Waals surface area (Å²) >= 11 is 3.56. The number of aromatic nitrogens is 2. The maximum atomic E-state index is 9.26. The van der Waals surface area contributed by atoms with Gasteiger partial charge in [0.1, 0.15) is 12.4 Å². The average molecular weight is 325 g/mol. The highest BCUT2D eigenvalue weighted by Crippen LogP contribution is 2.24. The number of ether oxygens (including phenoxy) is 1. The molecule has 0 aliphatic heterocycles. The summed E-state index contributed by atoms with van der Waals surface area (Å²) in [5.41, 5.74) is 2.80. The van der Waals surface area contributed by atoms with Gasteiger partial charge < -0.3 is 9.84 Å². The van der Waals surface area contributed by atoms with Crippen LogP contribution in [0.3, 0.4) is 0 Å². The van der Waals surface area contributed by atoms with E-state index in [-0.39, 0.29) is 6.61 Å². The Bertz CT molecular complexity index is 567. The minimum atomic E-state index is -0.0249. The Balaban J connectivity index is 2.17. The number of aliphatic hydroxyl groups is 1. The van der Waals surface area contributed by atoms with Crippen molar-refractivity contribution in [1.82, 2.24) is 9.78 Å². The fraction of sp³-hybridized carbons (Fsp3) is 0.357. The van der Waals surface area contributed by atoms with Crippen LogP contribution in [0.4, 0.5) is 0 Å². The van der Waals surface area contributed by atoms with Crippen LogP contribution in [0.25, 0.3) is 0 Å². The number of hydrogen-bond acceptors (Lipinski definition) is 3. The Morgan fingerprint density at radius 3 is 2.74 bits per heavy atom. The predicted molar refractivity (Wildman–Crippen MR) is 77.0 cm³/mol. The summed E-state index contributed by atoms with van der Waals surface area (Å²) in [6.07, 6.45) is 0.877. The standard InChI is InChI=1S/C14H17BrN2O2/c1-3-11-14(15)12(17(2)16-11)9-19-13-7-5-4-6-10(13)8-18/h4-7,18H,3,8-9H2,1-2H3. The van der Waals surface area contributed by atoms with Crippen LogP contribution in [0.2, 0.25) is 0 Å². The Morgan fingerprint density at radius 1 is 1.37 bits per heavy atom. The van der Waals surface area contributed by atoms with E-state index in [0.717, 1.165) is 27.8 Å². The SMILES string of the molecule is CCc1nn(C)c(COc2ccccc2CO)c1Br. The van der Waals surface area contributed by atoms with Crippen molar-refractivity contribution in [3.63, 3.8) is 0 Å². The van der Waals surface area contributed by atoms with E-state index in [1.54, 1.807) is 0 Å². The van der Waals surface area contributed by atoms with Gasteiger partial charge in [0.15, 0.2) is 0 Å². The van der Waals surface area contributed by atoms with Crippen molar-refractivity contribution in [3.8, 4) is 5.75 Å². The van der Waals surface area contributed by atoms with Crippen LogP contribution in [0.15, 0.2) is 28.7 Å². The van der Waals surface area contributed by atoms with Gasteiger partial charge in [-0.15, -0.1) is 0 Å². The smallest absolute Gasteiger partial charge is 0.131 e. The number of nitrogens with zero attached hydrogens (tertiary/aromatic N) is 2. The monoisotopic (exact) mass is 324 g/mol. The van der Waals surface area contributed by atoms with E-state index in [9.17, 15) is 5.11 Å². The molecule has 0 atom stereocenters. The van der Waals surface area contributed by atoms with Crippen molar-refractivity contribution in [2.75, 3.05) is 0 Å². The van der Waals surface area contributed by atoms with E-state index in [2.05, 4.69) is 28.0 Å². The topological polar surface area (TPSA) is 47.3 Å². The molecule has 0 fully saturated rings. The third-order valence-electron chi connectivity index (χ3n) is 3.01. The van der Waals surface area contributed by atoms with Crippen LogP contribution in [0.5, 0.6) is 5.75 Å². The zero-order valence-electron chi connectivity index (χ0n) is 11.1. The van der Waals surface area contributed by atoms with E-state index in [1.807, 2.05) is 36.0 Å². The number of halogens is 1. The van der Waals surface area contributed by atoms with Crippen molar-refractivity contribution in [1.29, 1.82) is 0 Å². The van der Waals surface area contributed by atoms with Gasteiger partial charge in [-0.25, -0.2) is 0 Å². The van der Waals surface area contributed by atoms with Gasteiger partial charge in [0, 0.05) is 12.6 Å². The third kappa shape index (κ3) is 2.98. The Labute approximate surface area is 121 Å². The molecule has 0 unspecified atom stereocenters. The molecule has 0 bridgehead atoms. The molecule has 1 aromatic heterocycles. The number of aryl methyl sites for hydroxylation is 2. The second-order valence-corrected chi connectivity index (χ2v) is 5.03. The minimum Gasteiger partial charge on any atom is -0.487 e. The number of aliphatic hydroxyl groups excluding tert-OH is 1. The van der Waals surface area contributed by atoms with Gasteiger partial charge >= 0.3 is 0 Å². The first-order chi connectivity index (χ1) is 9.17. The largest absolute Gasteiger partial charge is 0.487 e. The van der Waals surface area contributed by atoms with E-state index < -0.39 is 0 Å². The van der Waals surface area contributed by atoms with Gasteiger partial charge in [-0.2, -0.15) is 5.10 Å². The molecule has 19 heavy (non-hydrogen) atoms. The maximum Gasteiger partial charge on any atom is 0.131 e. The quantitative estimate of drug-likeness (QED) is 0.920. The summed E-state index contributed by atoms with van der Waals surface area (Å²) in [4.78, 5) is 0. The van der Waals surface area contributed by atoms with Crippen molar-refractivity contribution >= 4 is 15.9 Å². The highest BCUT2D eigenvalue weighted by molar-refractivity contribution is 9.10.